The van der Waals surface area contributed by atoms with E-state index in [0.29, 0.717) is 43.2 Å². The van der Waals surface area contributed by atoms with E-state index in [-0.39, 0.29) is 6.61 Å². The minimum Gasteiger partial charge on any atom is -0.457 e. The van der Waals surface area contributed by atoms with Crippen molar-refractivity contribution in [1.29, 1.82) is 0 Å². The molecule has 10 heteroatoms. The van der Waals surface area contributed by atoms with Gasteiger partial charge < -0.3 is 10.1 Å². The summed E-state index contributed by atoms with van der Waals surface area (Å²) in [5.41, 5.74) is 3.64. The Labute approximate surface area is 233 Å². The third kappa shape index (κ3) is 5.65. The van der Waals surface area contributed by atoms with Crippen molar-refractivity contribution in [2.75, 3.05) is 5.32 Å². The Kier molecular flexibility index (Phi) is 7.76. The Morgan fingerprint density at radius 2 is 1.76 bits per heavy atom. The van der Waals surface area contributed by atoms with Crippen LogP contribution in [0.25, 0.3) is 0 Å². The van der Waals surface area contributed by atoms with Gasteiger partial charge in [0.2, 0.25) is 11.1 Å². The third-order valence-electron chi connectivity index (χ3n) is 5.84. The standard InChI is InChI=1S/C27H21Cl3N4O2S/c1-16-23(25(35)36-14-17-7-3-2-4-8-17)24(18-11-12-21(29)22(30)13-18)34-26(31-16)32-27(33-34)37-15-19-9-5-6-10-20(19)28/h2-13,24H,14-15H2,1H3,(H,31,32,33). The van der Waals surface area contributed by atoms with E-state index in [0.717, 1.165) is 16.7 Å². The van der Waals surface area contributed by atoms with Crippen LogP contribution in [0, 0.1) is 0 Å². The fraction of sp³-hybridized carbons (Fsp3) is 0.148. The predicted molar refractivity (Wildman–Crippen MR) is 148 cm³/mol. The molecule has 0 saturated carbocycles. The lowest BCUT2D eigenvalue weighted by Gasteiger charge is -2.28. The van der Waals surface area contributed by atoms with Gasteiger partial charge in [-0.1, -0.05) is 101 Å². The van der Waals surface area contributed by atoms with Gasteiger partial charge in [-0.3, -0.25) is 0 Å². The average molecular weight is 572 g/mol. The summed E-state index contributed by atoms with van der Waals surface area (Å²) in [6.07, 6.45) is 0. The van der Waals surface area contributed by atoms with Crippen LogP contribution in [0.3, 0.4) is 0 Å². The number of nitrogens with zero attached hydrogens (tertiary/aromatic N) is 3. The summed E-state index contributed by atoms with van der Waals surface area (Å²) in [7, 11) is 0. The molecule has 0 saturated heterocycles. The molecule has 0 aliphatic carbocycles. The summed E-state index contributed by atoms with van der Waals surface area (Å²) in [6.45, 7) is 1.96. The first-order valence-electron chi connectivity index (χ1n) is 11.4. The molecular weight excluding hydrogens is 551 g/mol. The smallest absolute Gasteiger partial charge is 0.338 e. The Hall–Kier alpha value is -2.97. The van der Waals surface area contributed by atoms with E-state index in [1.807, 2.05) is 67.6 Å². The Morgan fingerprint density at radius 1 is 1.00 bits per heavy atom. The van der Waals surface area contributed by atoms with Crippen LogP contribution in [0.2, 0.25) is 15.1 Å². The monoisotopic (exact) mass is 570 g/mol. The number of anilines is 1. The number of carbonyl (C=O) groups excluding carboxylic acids is 1. The number of aromatic nitrogens is 3. The minimum absolute atomic E-state index is 0.147. The molecule has 0 bridgehead atoms. The lowest BCUT2D eigenvalue weighted by Crippen LogP contribution is -2.29. The summed E-state index contributed by atoms with van der Waals surface area (Å²) in [5, 5.41) is 9.97. The summed E-state index contributed by atoms with van der Waals surface area (Å²) in [6, 6.07) is 21.8. The average Bonchev–Trinajstić information content (AvgIpc) is 3.30. The maximum Gasteiger partial charge on any atom is 0.338 e. The second-order valence-electron chi connectivity index (χ2n) is 8.34. The van der Waals surface area contributed by atoms with E-state index in [1.54, 1.807) is 16.8 Å². The molecule has 1 atom stereocenters. The quantitative estimate of drug-likeness (QED) is 0.182. The molecule has 0 spiro atoms. The minimum atomic E-state index is -0.614. The van der Waals surface area contributed by atoms with Crippen LogP contribution in [0.5, 0.6) is 0 Å². The molecule has 1 aromatic heterocycles. The molecule has 0 fully saturated rings. The molecule has 1 aliphatic heterocycles. The Morgan fingerprint density at radius 3 is 2.51 bits per heavy atom. The first kappa shape index (κ1) is 25.7. The molecular formula is C27H21Cl3N4O2S. The fourth-order valence-electron chi connectivity index (χ4n) is 4.01. The van der Waals surface area contributed by atoms with E-state index in [9.17, 15) is 4.79 Å². The van der Waals surface area contributed by atoms with Gasteiger partial charge in [-0.15, -0.1) is 5.10 Å². The number of ether oxygens (including phenoxy) is 1. The van der Waals surface area contributed by atoms with Crippen LogP contribution in [0.15, 0.2) is 89.2 Å². The van der Waals surface area contributed by atoms with E-state index in [1.165, 1.54) is 11.8 Å². The van der Waals surface area contributed by atoms with Gasteiger partial charge in [-0.25, -0.2) is 9.48 Å². The second kappa shape index (κ2) is 11.2. The van der Waals surface area contributed by atoms with Crippen molar-refractivity contribution in [3.63, 3.8) is 0 Å². The highest BCUT2D eigenvalue weighted by Crippen LogP contribution is 2.39. The normalized spacial score (nSPS) is 14.8. The SMILES string of the molecule is CC1=C(C(=O)OCc2ccccc2)C(c2ccc(Cl)c(Cl)c2)n2nc(SCc3ccccc3Cl)nc2N1. The summed E-state index contributed by atoms with van der Waals surface area (Å²) < 4.78 is 7.39. The molecule has 37 heavy (non-hydrogen) atoms. The van der Waals surface area contributed by atoms with Crippen LogP contribution in [0.4, 0.5) is 5.95 Å². The first-order chi connectivity index (χ1) is 17.9. The fourth-order valence-corrected chi connectivity index (χ4v) is 5.43. The maximum absolute atomic E-state index is 13.4. The lowest BCUT2D eigenvalue weighted by atomic mass is 9.96. The molecule has 5 rings (SSSR count). The van der Waals surface area contributed by atoms with Crippen LogP contribution >= 0.6 is 46.6 Å². The van der Waals surface area contributed by atoms with Gasteiger partial charge in [0.25, 0.3) is 0 Å². The number of hydrogen-bond acceptors (Lipinski definition) is 6. The van der Waals surface area contributed by atoms with Crippen LogP contribution in [0.1, 0.15) is 29.7 Å². The highest BCUT2D eigenvalue weighted by Gasteiger charge is 2.35. The third-order valence-corrected chi connectivity index (χ3v) is 7.83. The zero-order valence-corrected chi connectivity index (χ0v) is 22.7. The molecule has 4 aromatic rings. The van der Waals surface area contributed by atoms with Gasteiger partial charge in [0.15, 0.2) is 0 Å². The van der Waals surface area contributed by atoms with Crippen LogP contribution in [-0.4, -0.2) is 20.7 Å². The van der Waals surface area contributed by atoms with E-state index in [4.69, 9.17) is 44.6 Å². The van der Waals surface area contributed by atoms with Crippen molar-refractivity contribution < 1.29 is 9.53 Å². The van der Waals surface area contributed by atoms with Gasteiger partial charge in [-0.05, 0) is 41.8 Å². The van der Waals surface area contributed by atoms with Crippen molar-refractivity contribution in [2.45, 2.75) is 30.5 Å². The van der Waals surface area contributed by atoms with Crippen molar-refractivity contribution in [1.82, 2.24) is 14.8 Å². The zero-order chi connectivity index (χ0) is 25.9. The van der Waals surface area contributed by atoms with Crippen molar-refractivity contribution in [3.8, 4) is 0 Å². The lowest BCUT2D eigenvalue weighted by molar-refractivity contribution is -0.140. The zero-order valence-electron chi connectivity index (χ0n) is 19.6. The molecule has 2 heterocycles. The molecule has 188 valence electrons. The number of allylic oxidation sites excluding steroid dienone is 1. The Bertz CT molecular complexity index is 1490. The summed E-state index contributed by atoms with van der Waals surface area (Å²) in [5.74, 6) is 0.644. The Balaban J connectivity index is 1.47. The number of carbonyl (C=O) groups is 1. The van der Waals surface area contributed by atoms with Gasteiger partial charge in [-0.2, -0.15) is 4.98 Å². The number of fused-ring (bicyclic) bond motifs is 1. The van der Waals surface area contributed by atoms with Gasteiger partial charge in [0, 0.05) is 16.5 Å². The van der Waals surface area contributed by atoms with Crippen molar-refractivity contribution in [3.05, 3.63) is 116 Å². The van der Waals surface area contributed by atoms with Crippen LogP contribution < -0.4 is 5.32 Å². The van der Waals surface area contributed by atoms with Crippen molar-refractivity contribution >= 4 is 58.5 Å². The predicted octanol–water partition coefficient (Wildman–Crippen LogP) is 7.56. The summed E-state index contributed by atoms with van der Waals surface area (Å²) >= 11 is 20.3. The number of esters is 1. The number of hydrogen-bond donors (Lipinski definition) is 1. The highest BCUT2D eigenvalue weighted by molar-refractivity contribution is 7.98. The number of rotatable bonds is 7. The van der Waals surface area contributed by atoms with Crippen LogP contribution in [-0.2, 0) is 21.9 Å². The molecule has 0 amide bonds. The topological polar surface area (TPSA) is 69.0 Å². The van der Waals surface area contributed by atoms with E-state index < -0.39 is 12.0 Å². The number of benzene rings is 3. The molecule has 1 unspecified atom stereocenters. The van der Waals surface area contributed by atoms with Crippen molar-refractivity contribution in [2.24, 2.45) is 0 Å². The highest BCUT2D eigenvalue weighted by atomic mass is 35.5. The maximum atomic E-state index is 13.4. The molecule has 0 radical (unpaired) electrons. The van der Waals surface area contributed by atoms with E-state index >= 15 is 0 Å². The number of thioether (sulfide) groups is 1. The van der Waals surface area contributed by atoms with Gasteiger partial charge >= 0.3 is 5.97 Å². The summed E-state index contributed by atoms with van der Waals surface area (Å²) in [4.78, 5) is 18.1. The molecule has 3 aromatic carbocycles. The second-order valence-corrected chi connectivity index (χ2v) is 10.5. The van der Waals surface area contributed by atoms with Gasteiger partial charge in [0.05, 0.1) is 15.6 Å². The van der Waals surface area contributed by atoms with E-state index in [2.05, 4.69) is 10.3 Å². The number of nitrogens with one attached hydrogen (secondary N) is 1. The molecule has 6 nitrogen and oxygen atoms in total. The molecule has 1 N–H and O–H groups in total. The molecule has 1 aliphatic rings. The number of halogens is 3. The largest absolute Gasteiger partial charge is 0.457 e. The van der Waals surface area contributed by atoms with Gasteiger partial charge in [0.1, 0.15) is 12.6 Å². The first-order valence-corrected chi connectivity index (χ1v) is 13.5.